The summed E-state index contributed by atoms with van der Waals surface area (Å²) in [5.74, 6) is 0. The van der Waals surface area contributed by atoms with E-state index in [0.717, 1.165) is 11.4 Å². The van der Waals surface area contributed by atoms with Crippen molar-refractivity contribution in [2.24, 2.45) is 0 Å². The minimum absolute atomic E-state index is 0.507. The maximum atomic E-state index is 2.55. The molecule has 0 N–H and O–H groups in total. The Balaban J connectivity index is 1.03. The monoisotopic (exact) mass is 785 g/mol. The van der Waals surface area contributed by atoms with Gasteiger partial charge < -0.3 is 4.90 Å². The minimum atomic E-state index is -0.507. The van der Waals surface area contributed by atoms with E-state index in [0.29, 0.717) is 0 Å². The number of hydrogen-bond acceptors (Lipinski definition) is 1. The number of fused-ring (bicyclic) bond motifs is 16. The van der Waals surface area contributed by atoms with Crippen LogP contribution in [0.15, 0.2) is 237 Å². The zero-order valence-corrected chi connectivity index (χ0v) is 34.0. The Morgan fingerprint density at radius 3 is 1.32 bits per heavy atom. The molecule has 0 bridgehead atoms. The van der Waals surface area contributed by atoms with Crippen LogP contribution in [0.25, 0.3) is 76.8 Å². The van der Waals surface area contributed by atoms with Gasteiger partial charge in [0.05, 0.1) is 11.1 Å². The molecule has 62 heavy (non-hydrogen) atoms. The summed E-state index contributed by atoms with van der Waals surface area (Å²) in [7, 11) is 0. The third-order valence-electron chi connectivity index (χ3n) is 13.7. The van der Waals surface area contributed by atoms with Crippen LogP contribution in [0.3, 0.4) is 0 Å². The van der Waals surface area contributed by atoms with Crippen molar-refractivity contribution >= 4 is 49.4 Å². The zero-order valence-electron chi connectivity index (χ0n) is 34.0. The smallest absolute Gasteiger partial charge is 0.0726 e. The van der Waals surface area contributed by atoms with Gasteiger partial charge in [-0.15, -0.1) is 0 Å². The van der Waals surface area contributed by atoms with Crippen LogP contribution in [0, 0.1) is 0 Å². The molecule has 11 aromatic carbocycles. The number of nitrogens with zero attached hydrogens (tertiary/aromatic N) is 1. The minimum Gasteiger partial charge on any atom is -0.310 e. The number of hydrogen-bond donors (Lipinski definition) is 0. The van der Waals surface area contributed by atoms with Crippen LogP contribution < -0.4 is 4.90 Å². The van der Waals surface area contributed by atoms with Gasteiger partial charge in [-0.1, -0.05) is 194 Å². The Morgan fingerprint density at radius 2 is 0.694 bits per heavy atom. The van der Waals surface area contributed by atoms with Crippen molar-refractivity contribution in [3.63, 3.8) is 0 Å². The molecule has 11 aromatic rings. The van der Waals surface area contributed by atoms with Crippen molar-refractivity contribution in [2.75, 3.05) is 4.90 Å². The van der Waals surface area contributed by atoms with Crippen molar-refractivity contribution in [3.8, 4) is 44.5 Å². The Morgan fingerprint density at radius 1 is 0.258 bits per heavy atom. The molecule has 0 saturated heterocycles. The lowest BCUT2D eigenvalue weighted by molar-refractivity contribution is 0.795. The average Bonchev–Trinajstić information content (AvgIpc) is 3.82. The second-order valence-corrected chi connectivity index (χ2v) is 16.7. The fourth-order valence-electron chi connectivity index (χ4n) is 11.0. The van der Waals surface area contributed by atoms with Gasteiger partial charge in [-0.05, 0) is 136 Å². The van der Waals surface area contributed by atoms with E-state index in [4.69, 9.17) is 0 Å². The lowest BCUT2D eigenvalue weighted by Crippen LogP contribution is -2.26. The highest BCUT2D eigenvalue weighted by atomic mass is 15.1. The van der Waals surface area contributed by atoms with Crippen LogP contribution in [0.5, 0.6) is 0 Å². The summed E-state index contributed by atoms with van der Waals surface area (Å²) in [4.78, 5) is 2.46. The van der Waals surface area contributed by atoms with Crippen LogP contribution >= 0.6 is 0 Å². The predicted molar refractivity (Wildman–Crippen MR) is 261 cm³/mol. The highest BCUT2D eigenvalue weighted by Crippen LogP contribution is 2.65. The molecular weight excluding hydrogens is 747 g/mol. The standard InChI is InChI=1S/C61H39N/c1-3-16-40(17-4-1)41-30-32-42(33-31-41)43-34-36-45(37-35-43)62(44-18-5-2-6-19-44)59-29-15-28-57-60(59)51-25-12-14-27-56(51)61(57)55-26-13-11-24-50(55)54-38-52-48-22-9-7-20-46(48)47-21-8-10-23-49(47)53(52)39-58(54)61/h1-39H. The number of anilines is 3. The van der Waals surface area contributed by atoms with Crippen LogP contribution in [-0.2, 0) is 5.41 Å². The van der Waals surface area contributed by atoms with Crippen molar-refractivity contribution < 1.29 is 0 Å². The number of para-hydroxylation sites is 1. The molecule has 0 amide bonds. The highest BCUT2D eigenvalue weighted by Gasteiger charge is 2.52. The summed E-state index contributed by atoms with van der Waals surface area (Å²) in [6.45, 7) is 0. The lowest BCUT2D eigenvalue weighted by Gasteiger charge is -2.32. The molecule has 1 spiro atoms. The fraction of sp³-hybridized carbons (Fsp3) is 0.0164. The van der Waals surface area contributed by atoms with Gasteiger partial charge in [0.1, 0.15) is 0 Å². The van der Waals surface area contributed by atoms with Crippen molar-refractivity contribution in [1.82, 2.24) is 0 Å². The van der Waals surface area contributed by atoms with Crippen molar-refractivity contribution in [3.05, 3.63) is 259 Å². The molecule has 1 unspecified atom stereocenters. The quantitative estimate of drug-likeness (QED) is 0.157. The van der Waals surface area contributed by atoms with Gasteiger partial charge in [0.15, 0.2) is 0 Å². The molecule has 0 heterocycles. The molecule has 288 valence electrons. The molecule has 1 heteroatoms. The van der Waals surface area contributed by atoms with Crippen LogP contribution in [-0.4, -0.2) is 0 Å². The van der Waals surface area contributed by atoms with E-state index in [1.165, 1.54) is 105 Å². The lowest BCUT2D eigenvalue weighted by atomic mass is 9.70. The summed E-state index contributed by atoms with van der Waals surface area (Å²) in [6.07, 6.45) is 0. The Kier molecular flexibility index (Phi) is 7.59. The van der Waals surface area contributed by atoms with Gasteiger partial charge in [0.2, 0.25) is 0 Å². The van der Waals surface area contributed by atoms with E-state index >= 15 is 0 Å². The molecule has 2 aliphatic carbocycles. The highest BCUT2D eigenvalue weighted by molar-refractivity contribution is 6.26. The first-order valence-electron chi connectivity index (χ1n) is 21.6. The molecule has 13 rings (SSSR count). The Bertz CT molecular complexity index is 3550. The van der Waals surface area contributed by atoms with Gasteiger partial charge in [-0.25, -0.2) is 0 Å². The summed E-state index contributed by atoms with van der Waals surface area (Å²) in [5, 5.41) is 7.78. The van der Waals surface area contributed by atoms with Crippen LogP contribution in [0.2, 0.25) is 0 Å². The molecule has 0 aliphatic heterocycles. The summed E-state index contributed by atoms with van der Waals surface area (Å²) in [5.41, 5.74) is 18.3. The topological polar surface area (TPSA) is 3.24 Å². The fourth-order valence-corrected chi connectivity index (χ4v) is 11.0. The first kappa shape index (κ1) is 34.8. The van der Waals surface area contributed by atoms with E-state index in [1.807, 2.05) is 0 Å². The number of rotatable bonds is 5. The maximum absolute atomic E-state index is 2.55. The van der Waals surface area contributed by atoms with E-state index in [2.05, 4.69) is 241 Å². The van der Waals surface area contributed by atoms with E-state index in [1.54, 1.807) is 0 Å². The van der Waals surface area contributed by atoms with Crippen molar-refractivity contribution in [1.29, 1.82) is 0 Å². The van der Waals surface area contributed by atoms with E-state index < -0.39 is 5.41 Å². The molecule has 0 radical (unpaired) electrons. The van der Waals surface area contributed by atoms with E-state index in [9.17, 15) is 0 Å². The second-order valence-electron chi connectivity index (χ2n) is 16.7. The molecule has 1 nitrogen and oxygen atoms in total. The van der Waals surface area contributed by atoms with Gasteiger partial charge >= 0.3 is 0 Å². The first-order valence-corrected chi connectivity index (χ1v) is 21.6. The molecule has 0 aromatic heterocycles. The van der Waals surface area contributed by atoms with Gasteiger partial charge in [0.25, 0.3) is 0 Å². The van der Waals surface area contributed by atoms with E-state index in [-0.39, 0.29) is 0 Å². The molecule has 0 saturated carbocycles. The Hall–Kier alpha value is -8.00. The molecule has 2 aliphatic rings. The van der Waals surface area contributed by atoms with Gasteiger partial charge in [-0.2, -0.15) is 0 Å². The average molecular weight is 786 g/mol. The number of benzene rings is 11. The summed E-state index contributed by atoms with van der Waals surface area (Å²) in [6, 6.07) is 87.7. The van der Waals surface area contributed by atoms with Crippen molar-refractivity contribution in [2.45, 2.75) is 5.41 Å². The molecule has 0 fully saturated rings. The largest absolute Gasteiger partial charge is 0.310 e. The predicted octanol–water partition coefficient (Wildman–Crippen LogP) is 16.3. The second kappa shape index (κ2) is 13.5. The summed E-state index contributed by atoms with van der Waals surface area (Å²) >= 11 is 0. The SMILES string of the molecule is c1ccc(-c2ccc(-c3ccc(N(c4ccccc4)c4cccc5c4-c4ccccc4C54c5ccccc5-c5cc6c7ccccc7c7ccccc7c6cc54)cc3)cc2)cc1. The van der Waals surface area contributed by atoms with Gasteiger partial charge in [0, 0.05) is 16.9 Å². The zero-order chi connectivity index (χ0) is 40.8. The third-order valence-corrected chi connectivity index (χ3v) is 13.7. The molecular formula is C61H39N. The maximum Gasteiger partial charge on any atom is 0.0726 e. The normalized spacial score (nSPS) is 14.5. The Labute approximate surface area is 361 Å². The van der Waals surface area contributed by atoms with Crippen LogP contribution in [0.1, 0.15) is 22.3 Å². The first-order chi connectivity index (χ1) is 30.8. The third kappa shape index (κ3) is 4.91. The molecule has 1 atom stereocenters. The van der Waals surface area contributed by atoms with Crippen LogP contribution in [0.4, 0.5) is 17.1 Å². The summed E-state index contributed by atoms with van der Waals surface area (Å²) < 4.78 is 0. The van der Waals surface area contributed by atoms with Gasteiger partial charge in [-0.3, -0.25) is 0 Å².